The van der Waals surface area contributed by atoms with Crippen LogP contribution in [0.15, 0.2) is 12.2 Å². The van der Waals surface area contributed by atoms with Gasteiger partial charge in [-0.25, -0.2) is 0 Å². The first-order valence-corrected chi connectivity index (χ1v) is 4.11. The van der Waals surface area contributed by atoms with Crippen LogP contribution in [0.3, 0.4) is 0 Å². The Morgan fingerprint density at radius 2 is 2.08 bits per heavy atom. The van der Waals surface area contributed by atoms with E-state index in [1.54, 1.807) is 6.08 Å². The maximum atomic E-state index is 10.9. The highest BCUT2D eigenvalue weighted by molar-refractivity contribution is 5.84. The number of carboxylic acids is 2. The van der Waals surface area contributed by atoms with E-state index in [2.05, 4.69) is 0 Å². The van der Waals surface area contributed by atoms with Crippen LogP contribution in [0.2, 0.25) is 0 Å². The van der Waals surface area contributed by atoms with Crippen molar-refractivity contribution in [3.63, 3.8) is 0 Å². The maximum Gasteiger partial charge on any atom is 0.311 e. The molecule has 0 fully saturated rings. The zero-order valence-electron chi connectivity index (χ0n) is 7.36. The van der Waals surface area contributed by atoms with E-state index in [1.165, 1.54) is 13.0 Å². The molecule has 13 heavy (non-hydrogen) atoms. The van der Waals surface area contributed by atoms with E-state index in [1.807, 2.05) is 0 Å². The Morgan fingerprint density at radius 1 is 1.46 bits per heavy atom. The molecular weight excluding hydrogens is 172 g/mol. The Hall–Kier alpha value is -1.32. The van der Waals surface area contributed by atoms with E-state index >= 15 is 0 Å². The first-order chi connectivity index (χ1) is 5.98. The number of hydrogen-bond acceptors (Lipinski definition) is 2. The molecular formula is C9H12O4. The van der Waals surface area contributed by atoms with Crippen LogP contribution in [0, 0.1) is 11.3 Å². The summed E-state index contributed by atoms with van der Waals surface area (Å²) in [6, 6.07) is 0. The Balaban J connectivity index is 3.01. The molecule has 2 atom stereocenters. The van der Waals surface area contributed by atoms with E-state index in [-0.39, 0.29) is 0 Å². The number of hydrogen-bond donors (Lipinski definition) is 2. The molecule has 72 valence electrons. The summed E-state index contributed by atoms with van der Waals surface area (Å²) in [6.07, 6.45) is 4.21. The van der Waals surface area contributed by atoms with Gasteiger partial charge in [-0.3, -0.25) is 9.59 Å². The van der Waals surface area contributed by atoms with Crippen molar-refractivity contribution in [1.82, 2.24) is 0 Å². The summed E-state index contributed by atoms with van der Waals surface area (Å²) in [5, 5.41) is 17.7. The fourth-order valence-corrected chi connectivity index (χ4v) is 1.58. The van der Waals surface area contributed by atoms with Gasteiger partial charge in [-0.15, -0.1) is 0 Å². The molecule has 1 rings (SSSR count). The fraction of sp³-hybridized carbons (Fsp3) is 0.556. The van der Waals surface area contributed by atoms with Crippen molar-refractivity contribution in [3.05, 3.63) is 12.2 Å². The van der Waals surface area contributed by atoms with E-state index in [9.17, 15) is 9.59 Å². The van der Waals surface area contributed by atoms with Crippen molar-refractivity contribution in [2.75, 3.05) is 0 Å². The van der Waals surface area contributed by atoms with Gasteiger partial charge in [0.25, 0.3) is 0 Å². The lowest BCUT2D eigenvalue weighted by molar-refractivity contribution is -0.159. The molecule has 0 aromatic rings. The zero-order valence-corrected chi connectivity index (χ0v) is 7.36. The average Bonchev–Trinajstić information content (AvgIpc) is 2.04. The van der Waals surface area contributed by atoms with E-state index in [0.29, 0.717) is 12.8 Å². The molecule has 0 heterocycles. The standard InChI is InChI=1S/C9H12O4/c1-9(8(12)13)5-3-2-4-6(9)7(10)11/h2,4,6H,3,5H2,1H3,(H,10,11)(H,12,13)/t6-,9+/m1/s1. The number of rotatable bonds is 2. The van der Waals surface area contributed by atoms with Crippen LogP contribution in [0.4, 0.5) is 0 Å². The Bertz CT molecular complexity index is 269. The summed E-state index contributed by atoms with van der Waals surface area (Å²) in [4.78, 5) is 21.7. The second-order valence-corrected chi connectivity index (χ2v) is 3.51. The molecule has 4 heteroatoms. The lowest BCUT2D eigenvalue weighted by Crippen LogP contribution is -2.40. The van der Waals surface area contributed by atoms with Gasteiger partial charge in [0.05, 0.1) is 11.3 Å². The average molecular weight is 184 g/mol. The summed E-state index contributed by atoms with van der Waals surface area (Å²) >= 11 is 0. The third kappa shape index (κ3) is 1.56. The van der Waals surface area contributed by atoms with Gasteiger partial charge in [-0.2, -0.15) is 0 Å². The van der Waals surface area contributed by atoms with E-state index < -0.39 is 23.3 Å². The van der Waals surface area contributed by atoms with Crippen molar-refractivity contribution in [3.8, 4) is 0 Å². The van der Waals surface area contributed by atoms with E-state index in [4.69, 9.17) is 10.2 Å². The minimum atomic E-state index is -1.15. The third-order valence-electron chi connectivity index (χ3n) is 2.60. The minimum absolute atomic E-state index is 0.385. The molecule has 2 N–H and O–H groups in total. The Morgan fingerprint density at radius 3 is 2.46 bits per heavy atom. The van der Waals surface area contributed by atoms with Crippen LogP contribution < -0.4 is 0 Å². The fourth-order valence-electron chi connectivity index (χ4n) is 1.58. The van der Waals surface area contributed by atoms with Crippen LogP contribution in [0.1, 0.15) is 19.8 Å². The van der Waals surface area contributed by atoms with Gasteiger partial charge in [0, 0.05) is 0 Å². The van der Waals surface area contributed by atoms with Crippen LogP contribution in [-0.2, 0) is 9.59 Å². The van der Waals surface area contributed by atoms with Crippen molar-refractivity contribution >= 4 is 11.9 Å². The van der Waals surface area contributed by atoms with E-state index in [0.717, 1.165) is 0 Å². The van der Waals surface area contributed by atoms with Crippen molar-refractivity contribution < 1.29 is 19.8 Å². The first kappa shape index (κ1) is 9.77. The first-order valence-electron chi connectivity index (χ1n) is 4.11. The monoisotopic (exact) mass is 184 g/mol. The quantitative estimate of drug-likeness (QED) is 0.631. The minimum Gasteiger partial charge on any atom is -0.481 e. The van der Waals surface area contributed by atoms with Crippen molar-refractivity contribution in [2.45, 2.75) is 19.8 Å². The molecule has 0 aliphatic heterocycles. The molecule has 0 saturated carbocycles. The Kier molecular flexibility index (Phi) is 2.40. The summed E-state index contributed by atoms with van der Waals surface area (Å²) in [6.45, 7) is 1.48. The molecule has 0 radical (unpaired) electrons. The second kappa shape index (κ2) is 3.20. The predicted octanol–water partition coefficient (Wildman–Crippen LogP) is 1.13. The van der Waals surface area contributed by atoms with Gasteiger partial charge in [-0.05, 0) is 19.8 Å². The van der Waals surface area contributed by atoms with Crippen LogP contribution in [0.25, 0.3) is 0 Å². The van der Waals surface area contributed by atoms with Gasteiger partial charge in [0.1, 0.15) is 0 Å². The molecule has 0 spiro atoms. The summed E-state index contributed by atoms with van der Waals surface area (Å²) in [5.74, 6) is -3.01. The normalized spacial score (nSPS) is 32.8. The second-order valence-electron chi connectivity index (χ2n) is 3.51. The smallest absolute Gasteiger partial charge is 0.311 e. The van der Waals surface area contributed by atoms with Gasteiger partial charge in [0.2, 0.25) is 0 Å². The summed E-state index contributed by atoms with van der Waals surface area (Å²) in [7, 11) is 0. The highest BCUT2D eigenvalue weighted by Crippen LogP contribution is 2.37. The molecule has 1 aliphatic carbocycles. The number of carbonyl (C=O) groups is 2. The van der Waals surface area contributed by atoms with Gasteiger partial charge in [-0.1, -0.05) is 12.2 Å². The van der Waals surface area contributed by atoms with Gasteiger partial charge < -0.3 is 10.2 Å². The largest absolute Gasteiger partial charge is 0.481 e. The molecule has 0 amide bonds. The summed E-state index contributed by atoms with van der Waals surface area (Å²) in [5.41, 5.74) is -1.15. The topological polar surface area (TPSA) is 74.6 Å². The highest BCUT2D eigenvalue weighted by Gasteiger charge is 2.45. The lowest BCUT2D eigenvalue weighted by Gasteiger charge is -2.31. The molecule has 1 aliphatic rings. The molecule has 0 aromatic heterocycles. The van der Waals surface area contributed by atoms with Gasteiger partial charge in [0.15, 0.2) is 0 Å². The number of carboxylic acid groups (broad SMARTS) is 2. The summed E-state index contributed by atoms with van der Waals surface area (Å²) < 4.78 is 0. The SMILES string of the molecule is C[C@]1(C(=O)O)CCC=C[C@@H]1C(=O)O. The zero-order chi connectivity index (χ0) is 10.1. The Labute approximate surface area is 75.9 Å². The molecule has 0 aromatic carbocycles. The molecule has 0 unspecified atom stereocenters. The molecule has 4 nitrogen and oxygen atoms in total. The maximum absolute atomic E-state index is 10.9. The number of aliphatic carboxylic acids is 2. The lowest BCUT2D eigenvalue weighted by atomic mass is 9.71. The highest BCUT2D eigenvalue weighted by atomic mass is 16.4. The van der Waals surface area contributed by atoms with Gasteiger partial charge >= 0.3 is 11.9 Å². The van der Waals surface area contributed by atoms with Crippen LogP contribution >= 0.6 is 0 Å². The van der Waals surface area contributed by atoms with Crippen LogP contribution in [-0.4, -0.2) is 22.2 Å². The van der Waals surface area contributed by atoms with Crippen LogP contribution in [0.5, 0.6) is 0 Å². The van der Waals surface area contributed by atoms with Crippen molar-refractivity contribution in [2.24, 2.45) is 11.3 Å². The predicted molar refractivity (Wildman–Crippen MR) is 45.2 cm³/mol. The molecule has 0 bridgehead atoms. The van der Waals surface area contributed by atoms with Crippen molar-refractivity contribution in [1.29, 1.82) is 0 Å². The number of allylic oxidation sites excluding steroid dienone is 1. The molecule has 0 saturated heterocycles. The third-order valence-corrected chi connectivity index (χ3v) is 2.60.